The zero-order chi connectivity index (χ0) is 16.9. The lowest BCUT2D eigenvalue weighted by atomic mass is 9.85. The maximum atomic E-state index is 13.8. The number of piperidine rings is 1. The fourth-order valence-corrected chi connectivity index (χ4v) is 3.19. The van der Waals surface area contributed by atoms with Gasteiger partial charge in [-0.2, -0.15) is 5.10 Å². The van der Waals surface area contributed by atoms with Gasteiger partial charge in [0.15, 0.2) is 0 Å². The second-order valence-electron chi connectivity index (χ2n) is 6.46. The Morgan fingerprint density at radius 2 is 2.33 bits per heavy atom. The van der Waals surface area contributed by atoms with Gasteiger partial charge >= 0.3 is 0 Å². The van der Waals surface area contributed by atoms with Crippen LogP contribution in [0.25, 0.3) is 5.69 Å². The highest BCUT2D eigenvalue weighted by molar-refractivity contribution is 5.90. The van der Waals surface area contributed by atoms with Crippen LogP contribution in [-0.2, 0) is 4.79 Å². The predicted octanol–water partition coefficient (Wildman–Crippen LogP) is 2.98. The molecule has 1 saturated heterocycles. The number of nitrogens with one attached hydrogen (secondary N) is 2. The quantitative estimate of drug-likeness (QED) is 0.886. The van der Waals surface area contributed by atoms with Gasteiger partial charge in [0.2, 0.25) is 5.91 Å². The van der Waals surface area contributed by atoms with Crippen LogP contribution in [0, 0.1) is 17.7 Å². The van der Waals surface area contributed by atoms with Crippen LogP contribution >= 0.6 is 0 Å². The Kier molecular flexibility index (Phi) is 5.25. The summed E-state index contributed by atoms with van der Waals surface area (Å²) in [7, 11) is 0. The molecule has 2 N–H and O–H groups in total. The molecule has 128 valence electrons. The summed E-state index contributed by atoms with van der Waals surface area (Å²) < 4.78 is 15.2. The van der Waals surface area contributed by atoms with Crippen molar-refractivity contribution in [1.82, 2.24) is 15.1 Å². The summed E-state index contributed by atoms with van der Waals surface area (Å²) in [5.41, 5.74) is 0.942. The van der Waals surface area contributed by atoms with Crippen molar-refractivity contribution in [2.75, 3.05) is 18.4 Å². The molecule has 1 aliphatic heterocycles. The van der Waals surface area contributed by atoms with Gasteiger partial charge in [-0.1, -0.05) is 19.1 Å². The molecule has 0 spiro atoms. The molecule has 0 aliphatic carbocycles. The topological polar surface area (TPSA) is 59.0 Å². The van der Waals surface area contributed by atoms with Crippen LogP contribution < -0.4 is 10.6 Å². The number of halogens is 1. The first-order chi connectivity index (χ1) is 11.6. The summed E-state index contributed by atoms with van der Waals surface area (Å²) in [6.45, 7) is 4.18. The lowest BCUT2D eigenvalue weighted by Gasteiger charge is -2.27. The number of aromatic nitrogens is 2. The van der Waals surface area contributed by atoms with Gasteiger partial charge in [-0.05, 0) is 49.9 Å². The Hall–Kier alpha value is -2.21. The van der Waals surface area contributed by atoms with E-state index >= 15 is 0 Å². The molecule has 1 aliphatic rings. The minimum atomic E-state index is -0.350. The second-order valence-corrected chi connectivity index (χ2v) is 6.46. The van der Waals surface area contributed by atoms with Crippen LogP contribution in [0.4, 0.5) is 10.1 Å². The summed E-state index contributed by atoms with van der Waals surface area (Å²) in [6, 6.07) is 6.41. The van der Waals surface area contributed by atoms with E-state index in [0.29, 0.717) is 29.6 Å². The molecule has 1 aromatic carbocycles. The van der Waals surface area contributed by atoms with Gasteiger partial charge in [-0.25, -0.2) is 9.07 Å². The zero-order valence-corrected chi connectivity index (χ0v) is 13.8. The molecular formula is C18H23FN4O. The van der Waals surface area contributed by atoms with Crippen molar-refractivity contribution in [1.29, 1.82) is 0 Å². The molecule has 2 atom stereocenters. The van der Waals surface area contributed by atoms with Crippen LogP contribution in [0.2, 0.25) is 0 Å². The number of nitrogens with zero attached hydrogens (tertiary/aromatic N) is 2. The van der Waals surface area contributed by atoms with Crippen molar-refractivity contribution in [3.63, 3.8) is 0 Å². The Balaban J connectivity index is 1.58. The molecule has 0 bridgehead atoms. The van der Waals surface area contributed by atoms with Crippen molar-refractivity contribution in [2.45, 2.75) is 26.2 Å². The minimum absolute atomic E-state index is 0.0267. The predicted molar refractivity (Wildman–Crippen MR) is 91.5 cm³/mol. The molecule has 2 aromatic rings. The van der Waals surface area contributed by atoms with Crippen molar-refractivity contribution in [3.8, 4) is 5.69 Å². The summed E-state index contributed by atoms with van der Waals surface area (Å²) in [4.78, 5) is 12.2. The highest BCUT2D eigenvalue weighted by atomic mass is 19.1. The van der Waals surface area contributed by atoms with Gasteiger partial charge in [0.05, 0.1) is 18.1 Å². The lowest BCUT2D eigenvalue weighted by molar-refractivity contribution is -0.117. The van der Waals surface area contributed by atoms with Crippen molar-refractivity contribution < 1.29 is 9.18 Å². The van der Waals surface area contributed by atoms with Crippen molar-refractivity contribution in [2.24, 2.45) is 11.8 Å². The van der Waals surface area contributed by atoms with Gasteiger partial charge in [0, 0.05) is 6.42 Å². The molecule has 1 amide bonds. The average molecular weight is 330 g/mol. The van der Waals surface area contributed by atoms with E-state index in [9.17, 15) is 9.18 Å². The summed E-state index contributed by atoms with van der Waals surface area (Å²) in [5, 5.41) is 10.4. The number of carbonyl (C=O) groups is 1. The number of carbonyl (C=O) groups excluding carboxylic acids is 1. The van der Waals surface area contributed by atoms with Gasteiger partial charge in [0.25, 0.3) is 0 Å². The first-order valence-corrected chi connectivity index (χ1v) is 8.43. The lowest BCUT2D eigenvalue weighted by Crippen LogP contribution is -2.34. The number of benzene rings is 1. The molecule has 0 saturated carbocycles. The fourth-order valence-electron chi connectivity index (χ4n) is 3.19. The van der Waals surface area contributed by atoms with E-state index in [2.05, 4.69) is 22.7 Å². The largest absolute Gasteiger partial charge is 0.323 e. The number of hydrogen-bond acceptors (Lipinski definition) is 3. The smallest absolute Gasteiger partial charge is 0.224 e. The Labute approximate surface area is 141 Å². The highest BCUT2D eigenvalue weighted by Gasteiger charge is 2.22. The molecule has 6 heteroatoms. The molecule has 2 heterocycles. The third kappa shape index (κ3) is 4.00. The monoisotopic (exact) mass is 330 g/mol. The number of para-hydroxylation sites is 1. The van der Waals surface area contributed by atoms with E-state index in [1.807, 2.05) is 0 Å². The second kappa shape index (κ2) is 7.57. The van der Waals surface area contributed by atoms with E-state index in [-0.39, 0.29) is 11.7 Å². The number of amides is 1. The Morgan fingerprint density at radius 3 is 3.08 bits per heavy atom. The third-order valence-electron chi connectivity index (χ3n) is 4.61. The van der Waals surface area contributed by atoms with E-state index in [0.717, 1.165) is 13.1 Å². The van der Waals surface area contributed by atoms with E-state index in [1.54, 1.807) is 24.4 Å². The van der Waals surface area contributed by atoms with Crippen LogP contribution in [0.15, 0.2) is 36.7 Å². The summed E-state index contributed by atoms with van der Waals surface area (Å²) >= 11 is 0. The number of hydrogen-bond donors (Lipinski definition) is 2. The maximum Gasteiger partial charge on any atom is 0.224 e. The number of rotatable bonds is 5. The normalized spacial score (nSPS) is 19.0. The van der Waals surface area contributed by atoms with Gasteiger partial charge in [-0.3, -0.25) is 4.79 Å². The van der Waals surface area contributed by atoms with E-state index in [4.69, 9.17) is 0 Å². The SMILES string of the molecule is CC(CC(=O)Nc1cnn(-c2ccccc2F)c1)C1CCCNC1. The molecule has 2 unspecified atom stereocenters. The van der Waals surface area contributed by atoms with Gasteiger partial charge in [-0.15, -0.1) is 0 Å². The molecule has 5 nitrogen and oxygen atoms in total. The van der Waals surface area contributed by atoms with Gasteiger partial charge < -0.3 is 10.6 Å². The van der Waals surface area contributed by atoms with Crippen molar-refractivity contribution in [3.05, 3.63) is 42.5 Å². The van der Waals surface area contributed by atoms with Crippen molar-refractivity contribution >= 4 is 11.6 Å². The molecule has 1 fully saturated rings. The molecule has 0 radical (unpaired) electrons. The van der Waals surface area contributed by atoms with Crippen LogP contribution in [0.5, 0.6) is 0 Å². The third-order valence-corrected chi connectivity index (χ3v) is 4.61. The summed E-state index contributed by atoms with van der Waals surface area (Å²) in [6.07, 6.45) is 6.00. The first-order valence-electron chi connectivity index (χ1n) is 8.43. The van der Waals surface area contributed by atoms with Crippen LogP contribution in [-0.4, -0.2) is 28.8 Å². The summed E-state index contributed by atoms with van der Waals surface area (Å²) in [5.74, 6) is 0.503. The molecular weight excluding hydrogens is 307 g/mol. The first kappa shape index (κ1) is 16.6. The maximum absolute atomic E-state index is 13.8. The standard InChI is InChI=1S/C18H23FN4O/c1-13(14-5-4-8-20-10-14)9-18(24)22-15-11-21-23(12-15)17-7-3-2-6-16(17)19/h2-3,6-7,11-14,20H,4-5,8-10H2,1H3,(H,22,24). The Morgan fingerprint density at radius 1 is 1.50 bits per heavy atom. The average Bonchev–Trinajstić information content (AvgIpc) is 3.04. The van der Waals surface area contributed by atoms with E-state index in [1.165, 1.54) is 29.8 Å². The number of anilines is 1. The van der Waals surface area contributed by atoms with Gasteiger partial charge in [0.1, 0.15) is 11.5 Å². The van der Waals surface area contributed by atoms with Crippen LogP contribution in [0.1, 0.15) is 26.2 Å². The zero-order valence-electron chi connectivity index (χ0n) is 13.8. The fraction of sp³-hybridized carbons (Fsp3) is 0.444. The Bertz CT molecular complexity index is 694. The molecule has 3 rings (SSSR count). The van der Waals surface area contributed by atoms with Crippen LogP contribution in [0.3, 0.4) is 0 Å². The van der Waals surface area contributed by atoms with E-state index < -0.39 is 0 Å². The minimum Gasteiger partial charge on any atom is -0.323 e. The molecule has 1 aromatic heterocycles. The highest BCUT2D eigenvalue weighted by Crippen LogP contribution is 2.23. The molecule has 24 heavy (non-hydrogen) atoms.